The fourth-order valence-corrected chi connectivity index (χ4v) is 3.10. The summed E-state index contributed by atoms with van der Waals surface area (Å²) in [6, 6.07) is 18.8. The van der Waals surface area contributed by atoms with Crippen LogP contribution in [-0.2, 0) is 23.1 Å². The van der Waals surface area contributed by atoms with E-state index in [1.807, 2.05) is 29.1 Å². The molecule has 0 atom stereocenters. The maximum Gasteiger partial charge on any atom is 0.220 e. The van der Waals surface area contributed by atoms with Crippen molar-refractivity contribution in [2.75, 3.05) is 6.54 Å². The van der Waals surface area contributed by atoms with Crippen molar-refractivity contribution < 1.29 is 4.79 Å². The van der Waals surface area contributed by atoms with Gasteiger partial charge in [0.2, 0.25) is 5.91 Å². The minimum Gasteiger partial charge on any atom is -0.356 e. The van der Waals surface area contributed by atoms with Gasteiger partial charge in [-0.2, -0.15) is 5.10 Å². The van der Waals surface area contributed by atoms with Crippen molar-refractivity contribution in [3.63, 3.8) is 0 Å². The molecule has 1 amide bonds. The molecule has 0 saturated heterocycles. The second-order valence-electron chi connectivity index (χ2n) is 8.16. The Morgan fingerprint density at radius 1 is 0.964 bits per heavy atom. The molecule has 0 bridgehead atoms. The normalized spacial score (nSPS) is 11.4. The van der Waals surface area contributed by atoms with Gasteiger partial charge >= 0.3 is 0 Å². The van der Waals surface area contributed by atoms with Crippen LogP contribution >= 0.6 is 0 Å². The van der Waals surface area contributed by atoms with Gasteiger partial charge in [-0.15, -0.1) is 0 Å². The van der Waals surface area contributed by atoms with E-state index in [9.17, 15) is 4.79 Å². The molecule has 3 rings (SSSR count). The summed E-state index contributed by atoms with van der Waals surface area (Å²) in [5, 5.41) is 7.25. The van der Waals surface area contributed by atoms with Crippen molar-refractivity contribution in [3.05, 3.63) is 83.7 Å². The fraction of sp³-hybridized carbons (Fsp3) is 0.333. The molecule has 0 fully saturated rings. The average Bonchev–Trinajstić information content (AvgIpc) is 3.21. The van der Waals surface area contributed by atoms with Gasteiger partial charge in [0.25, 0.3) is 0 Å². The van der Waals surface area contributed by atoms with Gasteiger partial charge in [0.1, 0.15) is 0 Å². The van der Waals surface area contributed by atoms with Gasteiger partial charge < -0.3 is 5.32 Å². The molecule has 0 aliphatic heterocycles. The Kier molecular flexibility index (Phi) is 6.30. The van der Waals surface area contributed by atoms with E-state index in [1.54, 1.807) is 6.20 Å². The molecule has 4 nitrogen and oxygen atoms in total. The zero-order valence-electron chi connectivity index (χ0n) is 17.0. The first-order chi connectivity index (χ1) is 13.4. The number of rotatable bonds is 7. The Bertz CT molecular complexity index is 873. The molecular formula is C24H29N3O. The molecule has 1 heterocycles. The van der Waals surface area contributed by atoms with Crippen LogP contribution in [0.25, 0.3) is 5.69 Å². The molecule has 0 spiro atoms. The molecule has 1 aromatic heterocycles. The summed E-state index contributed by atoms with van der Waals surface area (Å²) in [6.45, 7) is 7.28. The lowest BCUT2D eigenvalue weighted by atomic mass is 9.86. The zero-order valence-corrected chi connectivity index (χ0v) is 17.0. The van der Waals surface area contributed by atoms with Gasteiger partial charge in [0.05, 0.1) is 5.69 Å². The van der Waals surface area contributed by atoms with Gasteiger partial charge in [-0.3, -0.25) is 4.79 Å². The number of carbonyl (C=O) groups excluding carboxylic acids is 1. The third-order valence-corrected chi connectivity index (χ3v) is 4.90. The summed E-state index contributed by atoms with van der Waals surface area (Å²) < 4.78 is 1.83. The predicted molar refractivity (Wildman–Crippen MR) is 114 cm³/mol. The van der Waals surface area contributed by atoms with Crippen molar-refractivity contribution >= 4 is 5.91 Å². The van der Waals surface area contributed by atoms with Crippen molar-refractivity contribution in [1.82, 2.24) is 15.1 Å². The fourth-order valence-electron chi connectivity index (χ4n) is 3.10. The molecular weight excluding hydrogens is 346 g/mol. The lowest BCUT2D eigenvalue weighted by Crippen LogP contribution is -2.25. The van der Waals surface area contributed by atoms with Crippen molar-refractivity contribution in [2.24, 2.45) is 0 Å². The molecule has 0 aliphatic rings. The van der Waals surface area contributed by atoms with Gasteiger partial charge in [-0.05, 0) is 53.1 Å². The summed E-state index contributed by atoms with van der Waals surface area (Å²) in [5.41, 5.74) is 4.92. The number of benzene rings is 2. The van der Waals surface area contributed by atoms with Crippen LogP contribution in [0.5, 0.6) is 0 Å². The minimum atomic E-state index is 0.105. The van der Waals surface area contributed by atoms with Gasteiger partial charge in [0, 0.05) is 25.4 Å². The number of hydrogen-bond acceptors (Lipinski definition) is 2. The summed E-state index contributed by atoms with van der Waals surface area (Å²) in [7, 11) is 0. The maximum atomic E-state index is 12.1. The minimum absolute atomic E-state index is 0.105. The first-order valence-corrected chi connectivity index (χ1v) is 9.87. The number of aromatic nitrogens is 2. The Hall–Kier alpha value is -2.88. The first-order valence-electron chi connectivity index (χ1n) is 9.87. The zero-order chi connectivity index (χ0) is 20.0. The quantitative estimate of drug-likeness (QED) is 0.663. The molecule has 3 aromatic rings. The van der Waals surface area contributed by atoms with Crippen LogP contribution in [0.4, 0.5) is 0 Å². The largest absolute Gasteiger partial charge is 0.356 e. The standard InChI is InChI=1S/C24H29N3O/c1-24(2,3)21-10-5-19(6-11-21)9-14-23(28)25-17-15-20-7-12-22(13-8-20)27-18-4-16-26-27/h4-8,10-13,16,18H,9,14-15,17H2,1-3H3,(H,25,28). The monoisotopic (exact) mass is 375 g/mol. The summed E-state index contributed by atoms with van der Waals surface area (Å²) in [4.78, 5) is 12.1. The second kappa shape index (κ2) is 8.87. The van der Waals surface area contributed by atoms with Crippen LogP contribution in [0.15, 0.2) is 67.0 Å². The SMILES string of the molecule is CC(C)(C)c1ccc(CCC(=O)NCCc2ccc(-n3cccn3)cc2)cc1. The van der Waals surface area contributed by atoms with Crippen LogP contribution in [0.3, 0.4) is 0 Å². The van der Waals surface area contributed by atoms with E-state index < -0.39 is 0 Å². The topological polar surface area (TPSA) is 46.9 Å². The number of hydrogen-bond donors (Lipinski definition) is 1. The third kappa shape index (κ3) is 5.56. The molecule has 0 saturated carbocycles. The molecule has 4 heteroatoms. The van der Waals surface area contributed by atoms with E-state index >= 15 is 0 Å². The number of nitrogens with zero attached hydrogens (tertiary/aromatic N) is 2. The van der Waals surface area contributed by atoms with Crippen LogP contribution in [-0.4, -0.2) is 22.2 Å². The van der Waals surface area contributed by atoms with E-state index in [0.717, 1.165) is 18.5 Å². The van der Waals surface area contributed by atoms with Crippen molar-refractivity contribution in [1.29, 1.82) is 0 Å². The highest BCUT2D eigenvalue weighted by Gasteiger charge is 2.13. The molecule has 2 aromatic carbocycles. The maximum absolute atomic E-state index is 12.1. The van der Waals surface area contributed by atoms with Crippen molar-refractivity contribution in [3.8, 4) is 5.69 Å². The smallest absolute Gasteiger partial charge is 0.220 e. The summed E-state index contributed by atoms with van der Waals surface area (Å²) in [5.74, 6) is 0.105. The molecule has 0 aliphatic carbocycles. The Labute approximate surface area is 167 Å². The molecule has 146 valence electrons. The van der Waals surface area contributed by atoms with Crippen LogP contribution < -0.4 is 5.32 Å². The third-order valence-electron chi connectivity index (χ3n) is 4.90. The van der Waals surface area contributed by atoms with E-state index in [4.69, 9.17) is 0 Å². The summed E-state index contributed by atoms with van der Waals surface area (Å²) in [6.07, 6.45) is 5.81. The molecule has 1 N–H and O–H groups in total. The first kappa shape index (κ1) is 19.9. The van der Waals surface area contributed by atoms with E-state index in [1.165, 1.54) is 16.7 Å². The number of carbonyl (C=O) groups is 1. The predicted octanol–water partition coefficient (Wildman–Crippen LogP) is 4.46. The van der Waals surface area contributed by atoms with Gasteiger partial charge in [0.15, 0.2) is 0 Å². The van der Waals surface area contributed by atoms with Crippen LogP contribution in [0.2, 0.25) is 0 Å². The Morgan fingerprint density at radius 2 is 1.61 bits per heavy atom. The second-order valence-corrected chi connectivity index (χ2v) is 8.16. The number of amides is 1. The highest BCUT2D eigenvalue weighted by atomic mass is 16.1. The number of nitrogens with one attached hydrogen (secondary N) is 1. The van der Waals surface area contributed by atoms with Crippen LogP contribution in [0, 0.1) is 0 Å². The van der Waals surface area contributed by atoms with E-state index in [0.29, 0.717) is 13.0 Å². The highest BCUT2D eigenvalue weighted by Crippen LogP contribution is 2.22. The highest BCUT2D eigenvalue weighted by molar-refractivity contribution is 5.76. The van der Waals surface area contributed by atoms with E-state index in [-0.39, 0.29) is 11.3 Å². The van der Waals surface area contributed by atoms with Gasteiger partial charge in [-0.25, -0.2) is 4.68 Å². The molecule has 0 unspecified atom stereocenters. The summed E-state index contributed by atoms with van der Waals surface area (Å²) >= 11 is 0. The average molecular weight is 376 g/mol. The van der Waals surface area contributed by atoms with Crippen molar-refractivity contribution in [2.45, 2.75) is 45.4 Å². The van der Waals surface area contributed by atoms with Crippen LogP contribution in [0.1, 0.15) is 43.9 Å². The van der Waals surface area contributed by atoms with Gasteiger partial charge in [-0.1, -0.05) is 57.2 Å². The lowest BCUT2D eigenvalue weighted by molar-refractivity contribution is -0.121. The molecule has 0 radical (unpaired) electrons. The lowest BCUT2D eigenvalue weighted by Gasteiger charge is -2.19. The number of aryl methyl sites for hydroxylation is 1. The van der Waals surface area contributed by atoms with E-state index in [2.05, 4.69) is 67.6 Å². The molecule has 28 heavy (non-hydrogen) atoms. The Morgan fingerprint density at radius 3 is 2.21 bits per heavy atom. The Balaban J connectivity index is 1.40.